The Morgan fingerprint density at radius 1 is 0.170 bits per heavy atom. The summed E-state index contributed by atoms with van der Waals surface area (Å²) >= 11 is 0. The summed E-state index contributed by atoms with van der Waals surface area (Å²) in [6.07, 6.45) is 3.78. The van der Waals surface area contributed by atoms with Crippen LogP contribution in [0.15, 0.2) is 376 Å². The summed E-state index contributed by atoms with van der Waals surface area (Å²) in [6, 6.07) is 131. The van der Waals surface area contributed by atoms with Gasteiger partial charge in [-0.15, -0.1) is 0 Å². The molecular formula is C94H62N6. The molecule has 100 heavy (non-hydrogen) atoms. The van der Waals surface area contributed by atoms with Gasteiger partial charge in [-0.3, -0.25) is 9.13 Å². The average molecular weight is 1280 g/mol. The van der Waals surface area contributed by atoms with Crippen LogP contribution in [0.5, 0.6) is 0 Å². The number of hydrogen-bond donors (Lipinski definition) is 0. The molecule has 0 atom stereocenters. The van der Waals surface area contributed by atoms with Crippen molar-refractivity contribution >= 4 is 87.5 Å². The normalized spacial score (nSPS) is 11.6. The minimum absolute atomic E-state index is 0.956. The molecular weight excluding hydrogens is 1210 g/mol. The molecule has 6 heterocycles. The van der Waals surface area contributed by atoms with Crippen molar-refractivity contribution in [2.24, 2.45) is 0 Å². The Balaban J connectivity index is 0.000000139. The number of rotatable bonds is 10. The van der Waals surface area contributed by atoms with Gasteiger partial charge in [0, 0.05) is 78.2 Å². The standard InChI is InChI=1S/2C47H31N3/c1-3-13-32(14-4-1)34-17-9-19-37(29-34)49-43-24-8-7-21-41(43)46-39(22-11-25-45(46)49)36-26-27-44-42(31-36)40-23-12-28-48-47(40)50(44)38-20-10-18-35(30-38)33-15-5-2-6-16-33;1-3-12-32(13-4-1)34-23-26-37(27-24-34)50-44-28-25-36(31-42(44)40-20-11-29-48-47(40)50)39-19-10-22-45-46(39)41-18-7-8-21-43(41)49(45)38-17-9-16-35(30-38)33-14-5-2-6-15-33/h2*1-31H. The van der Waals surface area contributed by atoms with E-state index >= 15 is 0 Å². The molecule has 0 aliphatic carbocycles. The second kappa shape index (κ2) is 24.3. The van der Waals surface area contributed by atoms with E-state index in [9.17, 15) is 0 Å². The molecule has 0 bridgehead atoms. The van der Waals surface area contributed by atoms with Crippen LogP contribution >= 0.6 is 0 Å². The zero-order chi connectivity index (χ0) is 66.0. The molecule has 0 saturated carbocycles. The molecule has 6 heteroatoms. The lowest BCUT2D eigenvalue weighted by Crippen LogP contribution is -1.95. The number of aromatic nitrogens is 6. The molecule has 0 unspecified atom stereocenters. The Kier molecular flexibility index (Phi) is 14.1. The molecule has 0 saturated heterocycles. The van der Waals surface area contributed by atoms with Crippen molar-refractivity contribution < 1.29 is 0 Å². The zero-order valence-electron chi connectivity index (χ0n) is 54.5. The van der Waals surface area contributed by atoms with Crippen LogP contribution < -0.4 is 0 Å². The topological polar surface area (TPSA) is 45.5 Å². The summed E-state index contributed by atoms with van der Waals surface area (Å²) in [6.45, 7) is 0. The molecule has 0 fully saturated rings. The third-order valence-corrected chi connectivity index (χ3v) is 19.9. The highest BCUT2D eigenvalue weighted by molar-refractivity contribution is 6.19. The molecule has 0 spiro atoms. The van der Waals surface area contributed by atoms with E-state index in [2.05, 4.69) is 370 Å². The Morgan fingerprint density at radius 2 is 0.480 bits per heavy atom. The lowest BCUT2D eigenvalue weighted by atomic mass is 9.98. The number of hydrogen-bond acceptors (Lipinski definition) is 2. The minimum Gasteiger partial charge on any atom is -0.309 e. The molecule has 20 rings (SSSR count). The molecule has 6 aromatic heterocycles. The lowest BCUT2D eigenvalue weighted by molar-refractivity contribution is 1.14. The van der Waals surface area contributed by atoms with Crippen molar-refractivity contribution in [2.45, 2.75) is 0 Å². The fraction of sp³-hybridized carbons (Fsp3) is 0. The highest BCUT2D eigenvalue weighted by Gasteiger charge is 2.22. The largest absolute Gasteiger partial charge is 0.309 e. The van der Waals surface area contributed by atoms with Gasteiger partial charge in [0.25, 0.3) is 0 Å². The lowest BCUT2D eigenvalue weighted by Gasteiger charge is -2.11. The average Bonchev–Trinajstić information content (AvgIpc) is 1.58. The van der Waals surface area contributed by atoms with Gasteiger partial charge in [-0.05, 0) is 188 Å². The molecule has 6 nitrogen and oxygen atoms in total. The number of benzene rings is 14. The SMILES string of the molecule is c1ccc(-c2ccc(-n3c4ccc(-c5cccc6c5c5ccccc5n6-c5cccc(-c6ccccc6)c5)cc4c4cccnc43)cc2)cc1.c1ccc(-c2cccc(-n3c4ccccc4c4c(-c5ccc6c(c5)c5cccnc5n6-c5cccc(-c6ccccc6)c5)cccc43)c2)cc1. The second-order valence-electron chi connectivity index (χ2n) is 25.7. The van der Waals surface area contributed by atoms with Gasteiger partial charge in [0.2, 0.25) is 0 Å². The maximum Gasteiger partial charge on any atom is 0.145 e. The van der Waals surface area contributed by atoms with Gasteiger partial charge in [0.1, 0.15) is 11.3 Å². The van der Waals surface area contributed by atoms with Crippen molar-refractivity contribution in [2.75, 3.05) is 0 Å². The molecule has 468 valence electrons. The van der Waals surface area contributed by atoms with Crippen LogP contribution in [0.3, 0.4) is 0 Å². The van der Waals surface area contributed by atoms with Crippen LogP contribution in [0, 0.1) is 0 Å². The van der Waals surface area contributed by atoms with Crippen LogP contribution in [0.4, 0.5) is 0 Å². The molecule has 0 radical (unpaired) electrons. The van der Waals surface area contributed by atoms with E-state index in [0.717, 1.165) is 55.8 Å². The van der Waals surface area contributed by atoms with Crippen molar-refractivity contribution in [1.29, 1.82) is 0 Å². The summed E-state index contributed by atoms with van der Waals surface area (Å²) < 4.78 is 9.41. The summed E-state index contributed by atoms with van der Waals surface area (Å²) in [4.78, 5) is 9.81. The van der Waals surface area contributed by atoms with Crippen LogP contribution in [-0.4, -0.2) is 28.2 Å². The molecule has 14 aromatic carbocycles. The first-order valence-electron chi connectivity index (χ1n) is 34.1. The minimum atomic E-state index is 0.956. The van der Waals surface area contributed by atoms with Crippen molar-refractivity contribution in [3.05, 3.63) is 376 Å². The highest BCUT2D eigenvalue weighted by Crippen LogP contribution is 2.44. The first-order valence-corrected chi connectivity index (χ1v) is 34.1. The smallest absolute Gasteiger partial charge is 0.145 e. The van der Waals surface area contributed by atoms with E-state index in [0.29, 0.717) is 0 Å². The predicted octanol–water partition coefficient (Wildman–Crippen LogP) is 24.6. The number of para-hydroxylation sites is 2. The van der Waals surface area contributed by atoms with Gasteiger partial charge >= 0.3 is 0 Å². The first-order chi connectivity index (χ1) is 49.6. The Labute approximate surface area is 578 Å². The van der Waals surface area contributed by atoms with E-state index in [4.69, 9.17) is 9.97 Å². The van der Waals surface area contributed by atoms with E-state index in [1.165, 1.54) is 121 Å². The van der Waals surface area contributed by atoms with Gasteiger partial charge < -0.3 is 9.13 Å². The van der Waals surface area contributed by atoms with Crippen molar-refractivity contribution in [3.8, 4) is 89.5 Å². The van der Waals surface area contributed by atoms with Crippen LogP contribution in [0.2, 0.25) is 0 Å². The van der Waals surface area contributed by atoms with Gasteiger partial charge in [-0.2, -0.15) is 0 Å². The Hall–Kier alpha value is -13.4. The first kappa shape index (κ1) is 58.0. The molecule has 0 aliphatic heterocycles. The van der Waals surface area contributed by atoms with Crippen LogP contribution in [0.25, 0.3) is 177 Å². The van der Waals surface area contributed by atoms with Crippen molar-refractivity contribution in [3.63, 3.8) is 0 Å². The van der Waals surface area contributed by atoms with E-state index in [-0.39, 0.29) is 0 Å². The quantitative estimate of drug-likeness (QED) is 0.137. The molecule has 0 N–H and O–H groups in total. The Bertz CT molecular complexity index is 6500. The number of nitrogens with zero attached hydrogens (tertiary/aromatic N) is 6. The van der Waals surface area contributed by atoms with E-state index in [1.807, 2.05) is 24.5 Å². The van der Waals surface area contributed by atoms with Gasteiger partial charge in [0.05, 0.1) is 33.1 Å². The Morgan fingerprint density at radius 3 is 0.910 bits per heavy atom. The summed E-state index contributed by atoms with van der Waals surface area (Å²) in [5.74, 6) is 0. The third kappa shape index (κ3) is 9.88. The van der Waals surface area contributed by atoms with Gasteiger partial charge in [-0.1, -0.05) is 243 Å². The number of pyridine rings is 2. The highest BCUT2D eigenvalue weighted by atomic mass is 15.1. The van der Waals surface area contributed by atoms with Crippen molar-refractivity contribution in [1.82, 2.24) is 28.2 Å². The van der Waals surface area contributed by atoms with Crippen LogP contribution in [-0.2, 0) is 0 Å². The van der Waals surface area contributed by atoms with Gasteiger partial charge in [-0.25, -0.2) is 9.97 Å². The second-order valence-corrected chi connectivity index (χ2v) is 25.7. The zero-order valence-corrected chi connectivity index (χ0v) is 54.5. The molecule has 20 aromatic rings. The summed E-state index contributed by atoms with van der Waals surface area (Å²) in [5.41, 5.74) is 27.9. The fourth-order valence-corrected chi connectivity index (χ4v) is 15.4. The molecule has 0 amide bonds. The van der Waals surface area contributed by atoms with E-state index < -0.39 is 0 Å². The third-order valence-electron chi connectivity index (χ3n) is 19.9. The maximum atomic E-state index is 4.92. The van der Waals surface area contributed by atoms with Gasteiger partial charge in [0.15, 0.2) is 0 Å². The monoisotopic (exact) mass is 1270 g/mol. The maximum absolute atomic E-state index is 4.92. The predicted molar refractivity (Wildman–Crippen MR) is 418 cm³/mol. The summed E-state index contributed by atoms with van der Waals surface area (Å²) in [7, 11) is 0. The molecule has 0 aliphatic rings. The summed E-state index contributed by atoms with van der Waals surface area (Å²) in [5, 5.41) is 9.65. The van der Waals surface area contributed by atoms with E-state index in [1.54, 1.807) is 0 Å². The number of fused-ring (bicyclic) bond motifs is 12. The fourth-order valence-electron chi connectivity index (χ4n) is 15.4. The van der Waals surface area contributed by atoms with Crippen LogP contribution in [0.1, 0.15) is 0 Å².